The van der Waals surface area contributed by atoms with E-state index in [1.807, 2.05) is 0 Å². The van der Waals surface area contributed by atoms with E-state index < -0.39 is 12.1 Å². The summed E-state index contributed by atoms with van der Waals surface area (Å²) in [5.41, 5.74) is 0. The Labute approximate surface area is 136 Å². The van der Waals surface area contributed by atoms with Gasteiger partial charge in [-0.15, -0.1) is 0 Å². The fourth-order valence-electron chi connectivity index (χ4n) is 2.01. The predicted octanol–water partition coefficient (Wildman–Crippen LogP) is 3.31. The Morgan fingerprint density at radius 2 is 2.05 bits per heavy atom. The number of amides is 1. The molecule has 0 aliphatic heterocycles. The second-order valence-corrected chi connectivity index (χ2v) is 5.87. The first-order chi connectivity index (χ1) is 10.4. The van der Waals surface area contributed by atoms with E-state index in [9.17, 15) is 18.0 Å². The topological polar surface area (TPSA) is 47.6 Å². The van der Waals surface area contributed by atoms with Crippen LogP contribution in [0.25, 0.3) is 0 Å². The lowest BCUT2D eigenvalue weighted by Crippen LogP contribution is -2.38. The first kappa shape index (κ1) is 19.4. The van der Waals surface area contributed by atoms with Crippen molar-refractivity contribution in [1.29, 1.82) is 0 Å². The Kier molecular flexibility index (Phi) is 9.04. The van der Waals surface area contributed by atoms with Crippen molar-refractivity contribution in [3.63, 3.8) is 0 Å². The lowest BCUT2D eigenvalue weighted by molar-refractivity contribution is -0.173. The number of carbonyl (C=O) groups is 1. The summed E-state index contributed by atoms with van der Waals surface area (Å²) in [6.07, 6.45) is 2.76. The molecule has 8 heteroatoms. The molecule has 1 amide bonds. The van der Waals surface area contributed by atoms with Crippen molar-refractivity contribution in [2.45, 2.75) is 44.4 Å². The van der Waals surface area contributed by atoms with Crippen LogP contribution in [0.2, 0.25) is 0 Å². The van der Waals surface area contributed by atoms with Crippen LogP contribution >= 0.6 is 15.9 Å². The van der Waals surface area contributed by atoms with Gasteiger partial charge in [0.15, 0.2) is 0 Å². The van der Waals surface area contributed by atoms with E-state index in [1.54, 1.807) is 5.32 Å². The van der Waals surface area contributed by atoms with Gasteiger partial charge in [-0.3, -0.25) is 4.79 Å². The summed E-state index contributed by atoms with van der Waals surface area (Å²) in [7, 11) is 0. The third kappa shape index (κ3) is 8.14. The summed E-state index contributed by atoms with van der Waals surface area (Å²) in [5, 5.41) is 1.74. The molecule has 0 aromatic carbocycles. The van der Waals surface area contributed by atoms with Crippen molar-refractivity contribution in [2.24, 2.45) is 0 Å². The summed E-state index contributed by atoms with van der Waals surface area (Å²) in [5.74, 6) is -1.95. The lowest BCUT2D eigenvalue weighted by atomic mass is 10.0. The van der Waals surface area contributed by atoms with Crippen LogP contribution in [0.3, 0.4) is 0 Å². The smallest absolute Gasteiger partial charge is 0.377 e. The van der Waals surface area contributed by atoms with Gasteiger partial charge in [0.05, 0.1) is 25.9 Å². The fraction of sp³-hybridized carbons (Fsp3) is 0.786. The molecule has 22 heavy (non-hydrogen) atoms. The van der Waals surface area contributed by atoms with Crippen LogP contribution in [0, 0.1) is 0 Å². The molecule has 0 heterocycles. The molecule has 1 aliphatic rings. The number of halogens is 4. The Hall–Kier alpha value is -0.600. The minimum absolute atomic E-state index is 0.0207. The van der Waals surface area contributed by atoms with Gasteiger partial charge in [-0.2, -0.15) is 13.2 Å². The summed E-state index contributed by atoms with van der Waals surface area (Å²) >= 11 is 3.51. The predicted molar refractivity (Wildman–Crippen MR) is 79.7 cm³/mol. The second kappa shape index (κ2) is 10.2. The lowest BCUT2D eigenvalue weighted by Gasteiger charge is -2.19. The van der Waals surface area contributed by atoms with Crippen molar-refractivity contribution in [1.82, 2.24) is 5.32 Å². The van der Waals surface area contributed by atoms with Gasteiger partial charge in [0.1, 0.15) is 0 Å². The van der Waals surface area contributed by atoms with Crippen LogP contribution in [0.4, 0.5) is 13.2 Å². The Morgan fingerprint density at radius 1 is 1.27 bits per heavy atom. The third-order valence-electron chi connectivity index (χ3n) is 3.15. The van der Waals surface area contributed by atoms with Gasteiger partial charge in [0.2, 0.25) is 0 Å². The molecule has 0 spiro atoms. The van der Waals surface area contributed by atoms with Crippen LogP contribution in [0.15, 0.2) is 10.6 Å². The highest BCUT2D eigenvalue weighted by molar-refractivity contribution is 9.11. The van der Waals surface area contributed by atoms with Crippen LogP contribution in [-0.4, -0.2) is 44.6 Å². The molecule has 0 radical (unpaired) electrons. The maximum atomic E-state index is 11.9. The first-order valence-electron chi connectivity index (χ1n) is 7.31. The molecule has 1 N–H and O–H groups in total. The zero-order valence-corrected chi connectivity index (χ0v) is 13.8. The number of allylic oxidation sites excluding steroid dienone is 1. The van der Waals surface area contributed by atoms with E-state index in [2.05, 4.69) is 22.0 Å². The zero-order chi connectivity index (χ0) is 16.4. The Balaban J connectivity index is 2.07. The number of rotatable bonds is 7. The summed E-state index contributed by atoms with van der Waals surface area (Å²) in [6, 6.07) is 0. The Morgan fingerprint density at radius 3 is 2.77 bits per heavy atom. The summed E-state index contributed by atoms with van der Waals surface area (Å²) in [4.78, 5) is 10.5. The van der Waals surface area contributed by atoms with Crippen molar-refractivity contribution in [3.8, 4) is 0 Å². The molecular weight excluding hydrogens is 367 g/mol. The van der Waals surface area contributed by atoms with Crippen LogP contribution < -0.4 is 5.32 Å². The molecule has 0 saturated heterocycles. The number of hydrogen-bond acceptors (Lipinski definition) is 3. The number of carbonyl (C=O) groups excluding carboxylic acids is 1. The van der Waals surface area contributed by atoms with E-state index in [1.165, 1.54) is 12.8 Å². The van der Waals surface area contributed by atoms with Crippen LogP contribution in [0.5, 0.6) is 0 Å². The van der Waals surface area contributed by atoms with Gasteiger partial charge in [-0.1, -0.05) is 34.8 Å². The molecular formula is C14H21BrF3NO3. The monoisotopic (exact) mass is 387 g/mol. The van der Waals surface area contributed by atoms with Crippen molar-refractivity contribution < 1.29 is 27.4 Å². The third-order valence-corrected chi connectivity index (χ3v) is 3.99. The summed E-state index contributed by atoms with van der Waals surface area (Å²) < 4.78 is 47.6. The number of hydrogen-bond donors (Lipinski definition) is 1. The molecule has 0 fully saturated rings. The van der Waals surface area contributed by atoms with E-state index in [0.29, 0.717) is 6.61 Å². The van der Waals surface area contributed by atoms with Gasteiger partial charge in [-0.25, -0.2) is 0 Å². The molecule has 1 aliphatic carbocycles. The molecule has 1 rings (SSSR count). The van der Waals surface area contributed by atoms with Gasteiger partial charge in [-0.05, 0) is 19.3 Å². The molecule has 1 unspecified atom stereocenters. The van der Waals surface area contributed by atoms with Gasteiger partial charge < -0.3 is 14.8 Å². The average molecular weight is 388 g/mol. The highest BCUT2D eigenvalue weighted by atomic mass is 79.9. The molecule has 1 atom stereocenters. The quantitative estimate of drug-likeness (QED) is 0.681. The van der Waals surface area contributed by atoms with E-state index in [0.717, 1.165) is 23.7 Å². The van der Waals surface area contributed by atoms with Crippen molar-refractivity contribution in [3.05, 3.63) is 10.6 Å². The SMILES string of the molecule is O=C(NCCOCCOC1CCCCCC=C1Br)C(F)(F)F. The van der Waals surface area contributed by atoms with Crippen molar-refractivity contribution >= 4 is 21.8 Å². The normalized spacial score (nSPS) is 20.0. The minimum Gasteiger partial charge on any atom is -0.377 e. The Bertz CT molecular complexity index is 375. The highest BCUT2D eigenvalue weighted by Gasteiger charge is 2.38. The van der Waals surface area contributed by atoms with Crippen molar-refractivity contribution in [2.75, 3.05) is 26.4 Å². The standard InChI is InChI=1S/C14H21BrF3NO3/c15-11-5-3-1-2-4-6-12(11)22-10-9-21-8-7-19-13(20)14(16,17)18/h5,12H,1-4,6-10H2,(H,19,20). The van der Waals surface area contributed by atoms with Crippen LogP contribution in [0.1, 0.15) is 32.1 Å². The largest absolute Gasteiger partial charge is 0.471 e. The van der Waals surface area contributed by atoms with Gasteiger partial charge >= 0.3 is 12.1 Å². The molecule has 0 aromatic rings. The zero-order valence-electron chi connectivity index (χ0n) is 12.3. The first-order valence-corrected chi connectivity index (χ1v) is 8.10. The fourth-order valence-corrected chi connectivity index (χ4v) is 2.60. The van der Waals surface area contributed by atoms with Gasteiger partial charge in [0, 0.05) is 11.0 Å². The number of ether oxygens (including phenoxy) is 2. The number of nitrogens with one attached hydrogen (secondary N) is 1. The molecule has 4 nitrogen and oxygen atoms in total. The van der Waals surface area contributed by atoms with E-state index >= 15 is 0 Å². The van der Waals surface area contributed by atoms with E-state index in [4.69, 9.17) is 9.47 Å². The number of alkyl halides is 3. The van der Waals surface area contributed by atoms with Crippen LogP contribution in [-0.2, 0) is 14.3 Å². The summed E-state index contributed by atoms with van der Waals surface area (Å²) in [6.45, 7) is 0.484. The average Bonchev–Trinajstić information content (AvgIpc) is 2.43. The molecule has 0 saturated carbocycles. The highest BCUT2D eigenvalue weighted by Crippen LogP contribution is 2.24. The van der Waals surface area contributed by atoms with Gasteiger partial charge in [0.25, 0.3) is 0 Å². The van der Waals surface area contributed by atoms with E-state index in [-0.39, 0.29) is 25.9 Å². The molecule has 0 aromatic heterocycles. The minimum atomic E-state index is -4.85. The maximum absolute atomic E-state index is 11.9. The molecule has 0 bridgehead atoms. The molecule has 128 valence electrons. The second-order valence-electron chi connectivity index (χ2n) is 4.95. The maximum Gasteiger partial charge on any atom is 0.471 e.